The lowest BCUT2D eigenvalue weighted by molar-refractivity contribution is -0.118. The molecule has 2 aliphatic heterocycles. The molecule has 5 unspecified atom stereocenters. The lowest BCUT2D eigenvalue weighted by atomic mass is 9.73. The van der Waals surface area contributed by atoms with E-state index in [2.05, 4.69) is 31.5 Å². The number of alkyl halides is 1. The number of nitrogens with zero attached hydrogens (tertiary/aromatic N) is 2. The number of hydrogen-bond acceptors (Lipinski definition) is 9. The van der Waals surface area contributed by atoms with E-state index in [0.29, 0.717) is 23.1 Å². The molecule has 4 N–H and O–H groups in total. The molecular weight excluding hydrogens is 471 g/mol. The number of benzene rings is 1. The number of aromatic nitrogens is 2. The van der Waals surface area contributed by atoms with Crippen LogP contribution in [0.1, 0.15) is 24.8 Å². The Morgan fingerprint density at radius 1 is 1.23 bits per heavy atom. The summed E-state index contributed by atoms with van der Waals surface area (Å²) in [6.45, 7) is 0. The maximum absolute atomic E-state index is 15.7. The second-order valence-corrected chi connectivity index (χ2v) is 10.5. The van der Waals surface area contributed by atoms with E-state index in [9.17, 15) is 4.79 Å². The summed E-state index contributed by atoms with van der Waals surface area (Å²) in [6, 6.07) is 5.65. The average molecular weight is 501 g/mol. The van der Waals surface area contributed by atoms with Gasteiger partial charge in [-0.05, 0) is 61.1 Å². The molecule has 6 rings (SSSR count). The summed E-state index contributed by atoms with van der Waals surface area (Å²) in [5, 5.41) is 6.97. The molecule has 4 aliphatic rings. The summed E-state index contributed by atoms with van der Waals surface area (Å²) in [4.78, 5) is 21.8. The van der Waals surface area contributed by atoms with Crippen LogP contribution in [0, 0.1) is 17.8 Å². The van der Waals surface area contributed by atoms with Crippen LogP contribution in [0.15, 0.2) is 29.6 Å². The predicted molar refractivity (Wildman–Crippen MR) is 130 cm³/mol. The molecule has 3 fully saturated rings. The number of thioether (sulfide) groups is 1. The third-order valence-electron chi connectivity index (χ3n) is 8.15. The van der Waals surface area contributed by atoms with Gasteiger partial charge < -0.3 is 20.1 Å². The Morgan fingerprint density at radius 2 is 2.09 bits per heavy atom. The van der Waals surface area contributed by atoms with E-state index in [-0.39, 0.29) is 35.9 Å². The van der Waals surface area contributed by atoms with Crippen LogP contribution < -0.4 is 31.0 Å². The fourth-order valence-electron chi connectivity index (χ4n) is 6.39. The summed E-state index contributed by atoms with van der Waals surface area (Å²) in [5.41, 5.74) is 7.80. The Hall–Kier alpha value is -2.63. The fourth-order valence-corrected chi connectivity index (χ4v) is 6.73. The number of ether oxygens (including phenoxy) is 2. The number of hydrazine groups is 1. The molecule has 1 saturated heterocycles. The van der Waals surface area contributed by atoms with Crippen molar-refractivity contribution in [2.45, 2.75) is 48.2 Å². The molecule has 1 amide bonds. The summed E-state index contributed by atoms with van der Waals surface area (Å²) in [5.74, 6) is 1.77. The number of carbonyl (C=O) groups excluding carboxylic acids is 1. The third kappa shape index (κ3) is 3.54. The molecule has 0 radical (unpaired) electrons. The highest BCUT2D eigenvalue weighted by Crippen LogP contribution is 2.65. The van der Waals surface area contributed by atoms with E-state index in [1.54, 1.807) is 20.4 Å². The summed E-state index contributed by atoms with van der Waals surface area (Å²) >= 11 is 1.43. The zero-order valence-corrected chi connectivity index (χ0v) is 20.6. The van der Waals surface area contributed by atoms with Crippen LogP contribution in [0.2, 0.25) is 0 Å². The van der Waals surface area contributed by atoms with Gasteiger partial charge in [-0.15, -0.1) is 0 Å². The van der Waals surface area contributed by atoms with Gasteiger partial charge in [-0.3, -0.25) is 10.2 Å². The number of nitrogens with one attached hydrogen (secondary N) is 4. The summed E-state index contributed by atoms with van der Waals surface area (Å²) < 4.78 is 26.5. The quantitative estimate of drug-likeness (QED) is 0.352. The van der Waals surface area contributed by atoms with Crippen LogP contribution in [0.4, 0.5) is 15.9 Å². The van der Waals surface area contributed by atoms with Gasteiger partial charge in [-0.25, -0.2) is 19.8 Å². The number of amides is 1. The number of anilines is 2. The zero-order valence-electron chi connectivity index (χ0n) is 19.8. The van der Waals surface area contributed by atoms with Crippen LogP contribution in [-0.2, 0) is 10.2 Å². The fraction of sp³-hybridized carbons (Fsp3) is 0.542. The van der Waals surface area contributed by atoms with Gasteiger partial charge in [0, 0.05) is 17.6 Å². The van der Waals surface area contributed by atoms with Crippen molar-refractivity contribution in [3.63, 3.8) is 0 Å². The van der Waals surface area contributed by atoms with Crippen LogP contribution in [0.25, 0.3) is 0 Å². The first-order valence-electron chi connectivity index (χ1n) is 11.8. The van der Waals surface area contributed by atoms with Crippen LogP contribution >= 0.6 is 11.8 Å². The average Bonchev–Trinajstić information content (AvgIpc) is 3.41. The van der Waals surface area contributed by atoms with Gasteiger partial charge in [0.25, 0.3) is 0 Å². The van der Waals surface area contributed by atoms with E-state index in [1.807, 2.05) is 24.5 Å². The molecular formula is C24H29FN6O3S. The van der Waals surface area contributed by atoms with Crippen molar-refractivity contribution >= 4 is 29.2 Å². The van der Waals surface area contributed by atoms with E-state index < -0.39 is 11.6 Å². The Balaban J connectivity index is 1.19. The van der Waals surface area contributed by atoms with Crippen molar-refractivity contribution in [3.8, 4) is 11.5 Å². The Bertz CT molecular complexity index is 1170. The smallest absolute Gasteiger partial charge is 0.235 e. The SMILES string of the molecule is COc1ccc2c(c1)[C@]1(C[C@H]1C1CC(F)C3C(C1)NNC3Nc1nc(SC)ncc1OC)C(=O)N2. The first-order chi connectivity index (χ1) is 17.0. The minimum absolute atomic E-state index is 0.0285. The normalized spacial score (nSPS) is 34.8. The first-order valence-corrected chi connectivity index (χ1v) is 13.1. The third-order valence-corrected chi connectivity index (χ3v) is 8.71. The topological polar surface area (TPSA) is 109 Å². The number of carbonyl (C=O) groups is 1. The minimum Gasteiger partial charge on any atom is -0.497 e. The highest BCUT2D eigenvalue weighted by molar-refractivity contribution is 7.98. The molecule has 9 nitrogen and oxygen atoms in total. The van der Waals surface area contributed by atoms with Gasteiger partial charge in [0.2, 0.25) is 5.91 Å². The highest BCUT2D eigenvalue weighted by Gasteiger charge is 2.68. The van der Waals surface area contributed by atoms with Crippen molar-refractivity contribution in [2.75, 3.05) is 31.1 Å². The van der Waals surface area contributed by atoms with Crippen LogP contribution in [-0.4, -0.2) is 54.7 Å². The molecule has 35 heavy (non-hydrogen) atoms. The lowest BCUT2D eigenvalue weighted by Crippen LogP contribution is -2.45. The zero-order chi connectivity index (χ0) is 24.3. The standard InChI is InChI=1S/C24H29FN6O3S/c1-33-12-4-5-16-13(8-12)24(22(32)27-16)9-14(24)11-6-15(25)19-17(7-11)30-31-21(19)28-20-18(34-2)10-26-23(29-20)35-3/h4-5,8,10-11,14-15,17,19,21,30-31H,6-7,9H2,1-3H3,(H,27,32)(H,26,28,29)/t11?,14-,15?,17?,19?,21?,24-/m0/s1. The number of rotatable bonds is 6. The molecule has 11 heteroatoms. The number of halogens is 1. The van der Waals surface area contributed by atoms with Crippen LogP contribution in [0.5, 0.6) is 11.5 Å². The van der Waals surface area contributed by atoms with Crippen molar-refractivity contribution in [1.82, 2.24) is 20.8 Å². The molecule has 1 aromatic carbocycles. The molecule has 0 bridgehead atoms. The van der Waals surface area contributed by atoms with E-state index >= 15 is 4.39 Å². The second-order valence-electron chi connectivity index (χ2n) is 9.76. The van der Waals surface area contributed by atoms with Gasteiger partial charge in [-0.2, -0.15) is 0 Å². The Morgan fingerprint density at radius 3 is 2.86 bits per heavy atom. The molecule has 2 saturated carbocycles. The van der Waals surface area contributed by atoms with Gasteiger partial charge >= 0.3 is 0 Å². The number of fused-ring (bicyclic) bond motifs is 3. The van der Waals surface area contributed by atoms with Gasteiger partial charge in [0.05, 0.1) is 32.0 Å². The van der Waals surface area contributed by atoms with Crippen molar-refractivity contribution < 1.29 is 18.7 Å². The molecule has 186 valence electrons. The monoisotopic (exact) mass is 500 g/mol. The molecule has 1 aromatic heterocycles. The maximum atomic E-state index is 15.7. The van der Waals surface area contributed by atoms with Crippen molar-refractivity contribution in [3.05, 3.63) is 30.0 Å². The molecule has 2 aliphatic carbocycles. The summed E-state index contributed by atoms with van der Waals surface area (Å²) in [6.07, 6.45) is 4.13. The minimum atomic E-state index is -1.03. The molecule has 1 spiro atoms. The molecule has 3 heterocycles. The van der Waals surface area contributed by atoms with Crippen molar-refractivity contribution in [2.24, 2.45) is 17.8 Å². The predicted octanol–water partition coefficient (Wildman–Crippen LogP) is 2.70. The Kier molecular flexibility index (Phi) is 5.53. The second kappa shape index (κ2) is 8.49. The van der Waals surface area contributed by atoms with Gasteiger partial charge in [-0.1, -0.05) is 11.8 Å². The van der Waals surface area contributed by atoms with Crippen molar-refractivity contribution in [1.29, 1.82) is 0 Å². The number of hydrogen-bond donors (Lipinski definition) is 4. The largest absolute Gasteiger partial charge is 0.497 e. The van der Waals surface area contributed by atoms with Crippen LogP contribution in [0.3, 0.4) is 0 Å². The van der Waals surface area contributed by atoms with E-state index in [4.69, 9.17) is 9.47 Å². The Labute approximate surface area is 207 Å². The summed E-state index contributed by atoms with van der Waals surface area (Å²) in [7, 11) is 3.19. The highest BCUT2D eigenvalue weighted by atomic mass is 32.2. The van der Waals surface area contributed by atoms with Gasteiger partial charge in [0.15, 0.2) is 16.7 Å². The van der Waals surface area contributed by atoms with E-state index in [0.717, 1.165) is 29.8 Å². The van der Waals surface area contributed by atoms with Gasteiger partial charge in [0.1, 0.15) is 11.9 Å². The first kappa shape index (κ1) is 22.8. The molecule has 7 atom stereocenters. The molecule has 2 aromatic rings. The number of methoxy groups -OCH3 is 2. The van der Waals surface area contributed by atoms with E-state index in [1.165, 1.54) is 11.8 Å². The maximum Gasteiger partial charge on any atom is 0.235 e. The lowest BCUT2D eigenvalue weighted by Gasteiger charge is -2.36.